The van der Waals surface area contributed by atoms with Gasteiger partial charge in [0.05, 0.1) is 58.5 Å². The Morgan fingerprint density at radius 2 is 1.86 bits per heavy atom. The van der Waals surface area contributed by atoms with Gasteiger partial charge in [0.15, 0.2) is 0 Å². The number of hydrogen-bond acceptors (Lipinski definition) is 11. The number of carbonyl (C=O) groups is 4. The molecule has 6 heterocycles. The van der Waals surface area contributed by atoms with E-state index in [0.717, 1.165) is 65.0 Å². The molecule has 16 heteroatoms. The molecule has 0 saturated carbocycles. The number of carbonyl (C=O) groups excluding carboxylic acids is 4. The number of esters is 1. The van der Waals surface area contributed by atoms with Crippen LogP contribution in [-0.4, -0.2) is 148 Å². The first-order valence-corrected chi connectivity index (χ1v) is 25.5. The van der Waals surface area contributed by atoms with Crippen molar-refractivity contribution in [3.63, 3.8) is 0 Å². The van der Waals surface area contributed by atoms with Crippen LogP contribution in [0.4, 0.5) is 5.69 Å². The number of nitrogens with zero attached hydrogens (tertiary/aromatic N) is 6. The summed E-state index contributed by atoms with van der Waals surface area (Å²) < 4.78 is 20.7. The van der Waals surface area contributed by atoms with Gasteiger partial charge in [0.2, 0.25) is 5.91 Å². The average molecular weight is 964 g/mol. The summed E-state index contributed by atoms with van der Waals surface area (Å²) in [6.45, 7) is 20.0. The molecule has 6 bridgehead atoms. The van der Waals surface area contributed by atoms with E-state index < -0.39 is 34.0 Å². The number of likely N-dealkylation sites (tertiary alicyclic amines) is 1. The van der Waals surface area contributed by atoms with E-state index in [1.54, 1.807) is 12.0 Å². The highest BCUT2D eigenvalue weighted by molar-refractivity contribution is 6.27. The molecular weight excluding hydrogens is 889 g/mol. The Bertz CT molecular complexity index is 2440. The van der Waals surface area contributed by atoms with E-state index in [1.165, 1.54) is 5.01 Å². The van der Waals surface area contributed by atoms with Crippen LogP contribution in [-0.2, 0) is 46.4 Å². The molecule has 7 rings (SSSR count). The number of aromatic nitrogens is 2. The second kappa shape index (κ2) is 21.3. The van der Waals surface area contributed by atoms with Crippen molar-refractivity contribution in [2.45, 2.75) is 129 Å². The summed E-state index contributed by atoms with van der Waals surface area (Å²) in [6.07, 6.45) is 5.13. The quantitative estimate of drug-likeness (QED) is 0.143. The number of rotatable bonds is 11. The first-order chi connectivity index (χ1) is 32.6. The van der Waals surface area contributed by atoms with Crippen LogP contribution in [0.15, 0.2) is 36.5 Å². The third-order valence-electron chi connectivity index (χ3n) is 14.9. The molecule has 0 spiro atoms. The van der Waals surface area contributed by atoms with Gasteiger partial charge in [-0.15, -0.1) is 0 Å². The number of piperidine rings is 1. The summed E-state index contributed by atoms with van der Waals surface area (Å²) in [7, 11) is 9.33. The zero-order valence-corrected chi connectivity index (χ0v) is 43.9. The highest BCUT2D eigenvalue weighted by Gasteiger charge is 2.44. The molecule has 4 aliphatic heterocycles. The first kappa shape index (κ1) is 52.0. The maximum absolute atomic E-state index is 14.8. The van der Waals surface area contributed by atoms with Crippen LogP contribution >= 0.6 is 0 Å². The predicted octanol–water partition coefficient (Wildman–Crippen LogP) is 5.48. The molecule has 2 N–H and O–H groups in total. The summed E-state index contributed by atoms with van der Waals surface area (Å²) in [5.41, 5.74) is 8.60. The maximum Gasteiger partial charge on any atom is 0.323 e. The Balaban J connectivity index is 1.18. The smallest absolute Gasteiger partial charge is 0.323 e. The molecule has 0 aliphatic carbocycles. The molecule has 3 amide bonds. The number of aryl methyl sites for hydroxylation is 1. The fourth-order valence-electron chi connectivity index (χ4n) is 9.98. The van der Waals surface area contributed by atoms with Crippen molar-refractivity contribution in [2.75, 3.05) is 72.0 Å². The normalized spacial score (nSPS) is 23.5. The lowest BCUT2D eigenvalue weighted by Gasteiger charge is -2.42. The fourth-order valence-corrected chi connectivity index (χ4v) is 10.4. The number of anilines is 1. The van der Waals surface area contributed by atoms with Gasteiger partial charge in [0.1, 0.15) is 11.2 Å². The second-order valence-corrected chi connectivity index (χ2v) is 22.4. The van der Waals surface area contributed by atoms with E-state index in [9.17, 15) is 19.2 Å². The van der Waals surface area contributed by atoms with E-state index in [4.69, 9.17) is 19.2 Å². The second-order valence-electron chi connectivity index (χ2n) is 21.6. The van der Waals surface area contributed by atoms with Gasteiger partial charge in [-0.1, -0.05) is 33.6 Å². The van der Waals surface area contributed by atoms with Crippen molar-refractivity contribution in [3.8, 4) is 23.1 Å². The molecule has 69 heavy (non-hydrogen) atoms. The number of hydrazine groups is 1. The highest BCUT2D eigenvalue weighted by atomic mass is 28.1. The van der Waals surface area contributed by atoms with Crippen LogP contribution in [0.1, 0.15) is 105 Å². The molecule has 3 saturated heterocycles. The Morgan fingerprint density at radius 3 is 2.55 bits per heavy atom. The number of methoxy groups -OCH3 is 1. The monoisotopic (exact) mass is 964 g/mol. The summed E-state index contributed by atoms with van der Waals surface area (Å²) in [5, 5.41) is 4.47. The van der Waals surface area contributed by atoms with E-state index in [-0.39, 0.29) is 55.0 Å². The number of ether oxygens (including phenoxy) is 3. The zero-order valence-electron chi connectivity index (χ0n) is 42.9. The van der Waals surface area contributed by atoms with Crippen molar-refractivity contribution in [2.24, 2.45) is 23.2 Å². The van der Waals surface area contributed by atoms with Gasteiger partial charge in [-0.3, -0.25) is 34.1 Å². The van der Waals surface area contributed by atoms with Gasteiger partial charge in [-0.2, -0.15) is 0 Å². The van der Waals surface area contributed by atoms with Gasteiger partial charge in [-0.25, -0.2) is 5.43 Å². The molecule has 1 aromatic carbocycles. The van der Waals surface area contributed by atoms with E-state index in [2.05, 4.69) is 87.3 Å². The number of pyridine rings is 1. The minimum absolute atomic E-state index is 0.0759. The van der Waals surface area contributed by atoms with Crippen molar-refractivity contribution in [1.29, 1.82) is 0 Å². The summed E-state index contributed by atoms with van der Waals surface area (Å²) >= 11 is 0. The van der Waals surface area contributed by atoms with E-state index in [1.807, 2.05) is 65.9 Å². The fraction of sp³-hybridized carbons (Fsp3) is 0.642. The Kier molecular flexibility index (Phi) is 16.1. The van der Waals surface area contributed by atoms with E-state index >= 15 is 0 Å². The topological polar surface area (TPSA) is 151 Å². The molecular formula is C53H75N8O7Si. The zero-order chi connectivity index (χ0) is 50.0. The molecule has 5 atom stereocenters. The van der Waals surface area contributed by atoms with Crippen molar-refractivity contribution in [1.82, 2.24) is 35.1 Å². The molecule has 3 aromatic rings. The SMILES string of the molecule is CCn1c(-c2cccnc2[C@H](C)OC)c2c3cc(ccc31)N1CCC[C@@H](C[C@H](NC(=O)[C@@H](COC3CN(C(=O)C#CC(C)(C)N(C)C)C3)C(C)C)C(=O)N3CCC[C@@]([Si])(N3)C(=O)OCC(C)(C)C2)C1. The lowest BCUT2D eigenvalue weighted by molar-refractivity contribution is -0.158. The average Bonchev–Trinajstić information content (AvgIpc) is 3.60. The Labute approximate surface area is 413 Å². The van der Waals surface area contributed by atoms with Gasteiger partial charge in [0.25, 0.3) is 11.8 Å². The number of hydrogen-bond donors (Lipinski definition) is 2. The van der Waals surface area contributed by atoms with Crippen LogP contribution in [0.5, 0.6) is 0 Å². The molecule has 0 unspecified atom stereocenters. The van der Waals surface area contributed by atoms with Crippen molar-refractivity contribution in [3.05, 3.63) is 47.8 Å². The molecule has 3 radical (unpaired) electrons. The van der Waals surface area contributed by atoms with Crippen molar-refractivity contribution >= 4 is 50.5 Å². The molecule has 15 nitrogen and oxygen atoms in total. The standard InChI is InChI=1S/C53H75N8O7Si/c1-12-60-44-19-18-37-27-40(44)41(47(60)39-17-13-23-54-46(39)35(4)66-11)28-51(5,6)33-68-50(65)53(69)21-15-25-61(56-53)49(64)43(26-36-16-14-24-58(37)29-36)55-48(63)42(34(2)3)32-67-38-30-59(31-38)45(62)20-22-52(7,8)57(9)10/h13,17-19,23,27,34-36,38,42-43,56H,12,14-16,21,24-26,28-33H2,1-11H3,(H,55,63)/t35-,36-,42-,43-,53-/m0/s1. The van der Waals surface area contributed by atoms with Gasteiger partial charge in [-0.05, 0) is 134 Å². The number of amides is 3. The predicted molar refractivity (Wildman–Crippen MR) is 269 cm³/mol. The highest BCUT2D eigenvalue weighted by Crippen LogP contribution is 2.42. The third-order valence-corrected chi connectivity index (χ3v) is 15.4. The maximum atomic E-state index is 14.8. The van der Waals surface area contributed by atoms with Crippen LogP contribution in [0, 0.1) is 35.0 Å². The largest absolute Gasteiger partial charge is 0.464 e. The molecule has 3 fully saturated rings. The summed E-state index contributed by atoms with van der Waals surface area (Å²) in [6, 6.07) is 9.97. The number of benzene rings is 1. The van der Waals surface area contributed by atoms with E-state index in [0.29, 0.717) is 51.9 Å². The van der Waals surface area contributed by atoms with Gasteiger partial charge >= 0.3 is 5.97 Å². The lowest BCUT2D eigenvalue weighted by Crippen LogP contribution is -2.67. The minimum Gasteiger partial charge on any atom is -0.464 e. The minimum atomic E-state index is -1.36. The molecule has 2 aromatic heterocycles. The first-order valence-electron chi connectivity index (χ1n) is 25.0. The van der Waals surface area contributed by atoms with Crippen LogP contribution < -0.4 is 15.6 Å². The molecule has 4 aliphatic rings. The lowest BCUT2D eigenvalue weighted by atomic mass is 9.84. The Hall–Kier alpha value is -4.79. The van der Waals surface area contributed by atoms with Crippen molar-refractivity contribution < 1.29 is 33.4 Å². The molecule has 373 valence electrons. The number of cyclic esters (lactones) is 1. The van der Waals surface area contributed by atoms with Gasteiger partial charge < -0.3 is 33.9 Å². The summed E-state index contributed by atoms with van der Waals surface area (Å²) in [4.78, 5) is 67.2. The van der Waals surface area contributed by atoms with Crippen LogP contribution in [0.25, 0.3) is 22.2 Å². The number of fused-ring (bicyclic) bond motifs is 6. The van der Waals surface area contributed by atoms with Crippen LogP contribution in [0.2, 0.25) is 0 Å². The number of nitrogens with one attached hydrogen (secondary N) is 2. The van der Waals surface area contributed by atoms with Gasteiger partial charge in [0, 0.05) is 80.1 Å². The summed E-state index contributed by atoms with van der Waals surface area (Å²) in [5.74, 6) is 3.95. The van der Waals surface area contributed by atoms with Crippen LogP contribution in [0.3, 0.4) is 0 Å². The third kappa shape index (κ3) is 11.5. The Morgan fingerprint density at radius 1 is 1.10 bits per heavy atom.